The lowest BCUT2D eigenvalue weighted by Crippen LogP contribution is -2.65. The summed E-state index contributed by atoms with van der Waals surface area (Å²) in [5.41, 5.74) is 1.04. The molecule has 19 heavy (non-hydrogen) atoms. The van der Waals surface area contributed by atoms with Gasteiger partial charge in [0.2, 0.25) is 5.82 Å². The summed E-state index contributed by atoms with van der Waals surface area (Å²) >= 11 is 0. The molecule has 1 aromatic rings. The van der Waals surface area contributed by atoms with E-state index in [1.54, 1.807) is 0 Å². The number of hydrogen-bond donors (Lipinski definition) is 1. The van der Waals surface area contributed by atoms with Crippen molar-refractivity contribution < 1.29 is 5.11 Å². The summed E-state index contributed by atoms with van der Waals surface area (Å²) < 4.78 is 0.861. The number of nitrogens with zero attached hydrogens (tertiary/aromatic N) is 2. The molecule has 1 aromatic heterocycles. The van der Waals surface area contributed by atoms with Crippen molar-refractivity contribution in [1.82, 2.24) is 9.47 Å². The van der Waals surface area contributed by atoms with Gasteiger partial charge < -0.3 is 5.11 Å². The van der Waals surface area contributed by atoms with Crippen molar-refractivity contribution in [3.05, 3.63) is 30.3 Å². The first-order valence-corrected chi connectivity index (χ1v) is 7.24. The van der Waals surface area contributed by atoms with Crippen LogP contribution in [0, 0.1) is 6.42 Å². The summed E-state index contributed by atoms with van der Waals surface area (Å²) in [7, 11) is 0. The van der Waals surface area contributed by atoms with Crippen LogP contribution in [-0.2, 0) is 6.61 Å². The Hall–Kier alpha value is -0.930. The highest BCUT2D eigenvalue weighted by Gasteiger charge is 2.52. The Morgan fingerprint density at radius 2 is 2.16 bits per heavy atom. The van der Waals surface area contributed by atoms with Gasteiger partial charge in [-0.2, -0.15) is 0 Å². The first-order valence-electron chi connectivity index (χ1n) is 7.24. The van der Waals surface area contributed by atoms with Gasteiger partial charge in [-0.3, -0.25) is 4.48 Å². The summed E-state index contributed by atoms with van der Waals surface area (Å²) in [6.07, 6.45) is 6.52. The van der Waals surface area contributed by atoms with E-state index in [0.717, 1.165) is 35.3 Å². The van der Waals surface area contributed by atoms with E-state index >= 15 is 0 Å². The molecule has 0 saturated carbocycles. The van der Waals surface area contributed by atoms with Crippen LogP contribution in [0.4, 0.5) is 5.82 Å². The lowest BCUT2D eigenvalue weighted by molar-refractivity contribution is 0.123. The van der Waals surface area contributed by atoms with Crippen LogP contribution in [0.25, 0.3) is 0 Å². The molecule has 1 aliphatic rings. The molecule has 1 fully saturated rings. The fraction of sp³-hybridized carbons (Fsp3) is 0.625. The van der Waals surface area contributed by atoms with Crippen molar-refractivity contribution in [2.24, 2.45) is 0 Å². The quantitative estimate of drug-likeness (QED) is 0.849. The van der Waals surface area contributed by atoms with Crippen molar-refractivity contribution in [3.8, 4) is 0 Å². The van der Waals surface area contributed by atoms with E-state index < -0.39 is 0 Å². The van der Waals surface area contributed by atoms with E-state index in [4.69, 9.17) is 0 Å². The van der Waals surface area contributed by atoms with Crippen LogP contribution in [0.2, 0.25) is 0 Å². The molecule has 2 rings (SSSR count). The SMILES string of the molecule is CCC1[CH]CC[N+]1(c1ncccc1CO)C(C)(C)C. The topological polar surface area (TPSA) is 33.1 Å². The third-order valence-electron chi connectivity index (χ3n) is 4.52. The molecule has 0 aliphatic carbocycles. The molecular weight excluding hydrogens is 236 g/mol. The van der Waals surface area contributed by atoms with Gasteiger partial charge in [-0.25, -0.2) is 4.98 Å². The van der Waals surface area contributed by atoms with Gasteiger partial charge in [-0.1, -0.05) is 6.92 Å². The smallest absolute Gasteiger partial charge is 0.233 e. The summed E-state index contributed by atoms with van der Waals surface area (Å²) in [6.45, 7) is 10.2. The minimum Gasteiger partial charge on any atom is -0.391 e. The standard InChI is InChI=1S/C16H26N2O/c1-5-14-9-7-11-18(14,16(2,3)4)15-13(12-19)8-6-10-17-15/h6,8-10,14,19H,5,7,11-12H2,1-4H3/q+1. The van der Waals surface area contributed by atoms with Gasteiger partial charge in [0.1, 0.15) is 0 Å². The van der Waals surface area contributed by atoms with E-state index in [2.05, 4.69) is 39.1 Å². The molecule has 2 unspecified atom stereocenters. The maximum atomic E-state index is 9.66. The second kappa shape index (κ2) is 5.22. The zero-order valence-corrected chi connectivity index (χ0v) is 12.6. The Balaban J connectivity index is 2.62. The normalized spacial score (nSPS) is 27.7. The third-order valence-corrected chi connectivity index (χ3v) is 4.52. The van der Waals surface area contributed by atoms with Crippen LogP contribution >= 0.6 is 0 Å². The second-order valence-electron chi connectivity index (χ2n) is 6.41. The number of likely N-dealkylation sites (tertiary alicyclic amines) is 1. The highest BCUT2D eigenvalue weighted by atomic mass is 16.3. The van der Waals surface area contributed by atoms with Crippen molar-refractivity contribution in [2.45, 2.75) is 58.7 Å². The first kappa shape index (κ1) is 14.5. The summed E-state index contributed by atoms with van der Waals surface area (Å²) in [6, 6.07) is 4.40. The monoisotopic (exact) mass is 262 g/mol. The Morgan fingerprint density at radius 1 is 1.42 bits per heavy atom. The number of hydrogen-bond acceptors (Lipinski definition) is 2. The van der Waals surface area contributed by atoms with Crippen LogP contribution < -0.4 is 4.48 Å². The number of rotatable bonds is 3. The van der Waals surface area contributed by atoms with Crippen molar-refractivity contribution >= 4 is 5.82 Å². The van der Waals surface area contributed by atoms with Crippen LogP contribution in [0.5, 0.6) is 0 Å². The lowest BCUT2D eigenvalue weighted by Gasteiger charge is -2.49. The Labute approximate surface area is 116 Å². The molecule has 0 amide bonds. The molecule has 2 heterocycles. The minimum absolute atomic E-state index is 0.0652. The lowest BCUT2D eigenvalue weighted by atomic mass is 9.96. The van der Waals surface area contributed by atoms with E-state index in [1.165, 1.54) is 0 Å². The number of quaternary nitrogens is 1. The number of aliphatic hydroxyl groups is 1. The Bertz CT molecular complexity index is 439. The molecule has 2 atom stereocenters. The predicted octanol–water partition coefficient (Wildman–Crippen LogP) is 3.07. The van der Waals surface area contributed by atoms with E-state index in [1.807, 2.05) is 18.3 Å². The fourth-order valence-corrected chi connectivity index (χ4v) is 3.62. The summed E-state index contributed by atoms with van der Waals surface area (Å²) in [5.74, 6) is 1.05. The molecule has 1 aliphatic heterocycles. The maximum absolute atomic E-state index is 9.66. The van der Waals surface area contributed by atoms with Gasteiger partial charge in [-0.05, 0) is 39.3 Å². The predicted molar refractivity (Wildman–Crippen MR) is 79.6 cm³/mol. The van der Waals surface area contributed by atoms with E-state index in [-0.39, 0.29) is 12.1 Å². The van der Waals surface area contributed by atoms with E-state index in [0.29, 0.717) is 6.04 Å². The zero-order valence-electron chi connectivity index (χ0n) is 12.6. The van der Waals surface area contributed by atoms with Crippen LogP contribution in [0.15, 0.2) is 18.3 Å². The average Bonchev–Trinajstić information content (AvgIpc) is 2.82. The molecular formula is C16H26N2O+. The zero-order chi connectivity index (χ0) is 14.1. The average molecular weight is 262 g/mol. The van der Waals surface area contributed by atoms with Crippen molar-refractivity contribution in [1.29, 1.82) is 0 Å². The molecule has 0 aromatic carbocycles. The number of aromatic nitrogens is 1. The molecule has 0 spiro atoms. The highest BCUT2D eigenvalue weighted by molar-refractivity contribution is 5.48. The Morgan fingerprint density at radius 3 is 2.74 bits per heavy atom. The molecule has 1 N–H and O–H groups in total. The van der Waals surface area contributed by atoms with Gasteiger partial charge in [-0.15, -0.1) is 0 Å². The molecule has 0 bridgehead atoms. The maximum Gasteiger partial charge on any atom is 0.233 e. The molecule has 105 valence electrons. The first-order chi connectivity index (χ1) is 8.97. The van der Waals surface area contributed by atoms with Crippen LogP contribution in [0.1, 0.15) is 46.1 Å². The number of aliphatic hydroxyl groups excluding tert-OH is 1. The van der Waals surface area contributed by atoms with Gasteiger partial charge in [0.15, 0.2) is 0 Å². The van der Waals surface area contributed by atoms with Gasteiger partial charge in [0, 0.05) is 19.0 Å². The molecule has 3 heteroatoms. The minimum atomic E-state index is 0.0652. The third kappa shape index (κ3) is 2.19. The largest absolute Gasteiger partial charge is 0.391 e. The number of pyridine rings is 1. The molecule has 1 saturated heterocycles. The van der Waals surface area contributed by atoms with Crippen molar-refractivity contribution in [2.75, 3.05) is 6.54 Å². The Kier molecular flexibility index (Phi) is 3.98. The second-order valence-corrected chi connectivity index (χ2v) is 6.41. The summed E-state index contributed by atoms with van der Waals surface area (Å²) in [5, 5.41) is 9.66. The van der Waals surface area contributed by atoms with Crippen LogP contribution in [0.3, 0.4) is 0 Å². The molecule has 3 nitrogen and oxygen atoms in total. The highest BCUT2D eigenvalue weighted by Crippen LogP contribution is 2.43. The van der Waals surface area contributed by atoms with Crippen LogP contribution in [-0.4, -0.2) is 28.2 Å². The van der Waals surface area contributed by atoms with Crippen molar-refractivity contribution in [3.63, 3.8) is 0 Å². The van der Waals surface area contributed by atoms with E-state index in [9.17, 15) is 5.11 Å². The molecule has 1 radical (unpaired) electrons. The fourth-order valence-electron chi connectivity index (χ4n) is 3.62. The van der Waals surface area contributed by atoms with Gasteiger partial charge in [0.05, 0.1) is 30.3 Å². The van der Waals surface area contributed by atoms with Gasteiger partial charge in [0.25, 0.3) is 0 Å². The summed E-state index contributed by atoms with van der Waals surface area (Å²) in [4.78, 5) is 4.66. The van der Waals surface area contributed by atoms with Gasteiger partial charge >= 0.3 is 0 Å².